The first-order valence-electron chi connectivity index (χ1n) is 10.1. The first kappa shape index (κ1) is 20.1. The molecule has 30 heavy (non-hydrogen) atoms. The number of nitrogens with one attached hydrogen (secondary N) is 3. The number of fused-ring (bicyclic) bond motifs is 2. The van der Waals surface area contributed by atoms with E-state index in [1.807, 2.05) is 39.5 Å². The fraction of sp³-hybridized carbons (Fsp3) is 0.304. The number of rotatable bonds is 7. The SMILES string of the molecule is CNCCc1c(-c2ccc3[nH]cc(CCN(C)C)c3c2O)[nH]c2c1C(=O)C=CC2=O. The summed E-state index contributed by atoms with van der Waals surface area (Å²) in [5.74, 6) is -0.262. The van der Waals surface area contributed by atoms with Gasteiger partial charge < -0.3 is 25.3 Å². The quantitative estimate of drug-likeness (QED) is 0.483. The highest BCUT2D eigenvalue weighted by Gasteiger charge is 2.29. The Bertz CT molecular complexity index is 1170. The number of ketones is 2. The van der Waals surface area contributed by atoms with Crippen LogP contribution in [-0.2, 0) is 12.8 Å². The number of benzene rings is 1. The number of carbonyl (C=O) groups excluding carboxylic acids is 2. The summed E-state index contributed by atoms with van der Waals surface area (Å²) >= 11 is 0. The van der Waals surface area contributed by atoms with Crippen molar-refractivity contribution in [2.24, 2.45) is 0 Å². The van der Waals surface area contributed by atoms with Crippen molar-refractivity contribution < 1.29 is 14.7 Å². The Kier molecular flexibility index (Phi) is 5.32. The molecule has 0 saturated carbocycles. The van der Waals surface area contributed by atoms with Crippen LogP contribution >= 0.6 is 0 Å². The van der Waals surface area contributed by atoms with Crippen molar-refractivity contribution in [3.63, 3.8) is 0 Å². The van der Waals surface area contributed by atoms with Crippen LogP contribution in [0.1, 0.15) is 32.0 Å². The number of phenolic OH excluding ortho intramolecular Hbond substituents is 1. The van der Waals surface area contributed by atoms with Crippen LogP contribution in [0.15, 0.2) is 30.5 Å². The topological polar surface area (TPSA) is 101 Å². The number of allylic oxidation sites excluding steroid dienone is 2. The Hall–Kier alpha value is -3.16. The van der Waals surface area contributed by atoms with Crippen molar-refractivity contribution in [3.05, 3.63) is 52.9 Å². The van der Waals surface area contributed by atoms with Crippen LogP contribution < -0.4 is 5.32 Å². The molecule has 7 nitrogen and oxygen atoms in total. The summed E-state index contributed by atoms with van der Waals surface area (Å²) in [7, 11) is 5.87. The summed E-state index contributed by atoms with van der Waals surface area (Å²) < 4.78 is 0. The molecule has 7 heteroatoms. The van der Waals surface area contributed by atoms with Crippen molar-refractivity contribution >= 4 is 22.5 Å². The predicted octanol–water partition coefficient (Wildman–Crippen LogP) is 2.67. The van der Waals surface area contributed by atoms with Crippen molar-refractivity contribution in [1.82, 2.24) is 20.2 Å². The second kappa shape index (κ2) is 7.93. The van der Waals surface area contributed by atoms with Gasteiger partial charge in [0.1, 0.15) is 5.75 Å². The second-order valence-electron chi connectivity index (χ2n) is 7.90. The predicted molar refractivity (Wildman–Crippen MR) is 117 cm³/mol. The Morgan fingerprint density at radius 3 is 2.57 bits per heavy atom. The van der Waals surface area contributed by atoms with Crippen LogP contribution in [-0.4, -0.2) is 65.8 Å². The largest absolute Gasteiger partial charge is 0.507 e. The monoisotopic (exact) mass is 406 g/mol. The van der Waals surface area contributed by atoms with Crippen LogP contribution in [0, 0.1) is 0 Å². The molecule has 2 aromatic heterocycles. The van der Waals surface area contributed by atoms with E-state index < -0.39 is 0 Å². The van der Waals surface area contributed by atoms with Gasteiger partial charge in [-0.15, -0.1) is 0 Å². The molecule has 0 aliphatic heterocycles. The van der Waals surface area contributed by atoms with Gasteiger partial charge in [-0.3, -0.25) is 9.59 Å². The number of carbonyl (C=O) groups is 2. The van der Waals surface area contributed by atoms with Gasteiger partial charge in [0.2, 0.25) is 5.78 Å². The summed E-state index contributed by atoms with van der Waals surface area (Å²) in [6.45, 7) is 1.50. The third kappa shape index (κ3) is 3.36. The highest BCUT2D eigenvalue weighted by molar-refractivity contribution is 6.23. The maximum Gasteiger partial charge on any atom is 0.202 e. The Balaban J connectivity index is 1.89. The molecule has 1 aromatic carbocycles. The first-order valence-corrected chi connectivity index (χ1v) is 10.1. The van der Waals surface area contributed by atoms with Gasteiger partial charge in [0, 0.05) is 29.2 Å². The average molecular weight is 406 g/mol. The van der Waals surface area contributed by atoms with Crippen LogP contribution in [0.3, 0.4) is 0 Å². The summed E-state index contributed by atoms with van der Waals surface area (Å²) in [5, 5.41) is 15.1. The number of nitrogens with zero attached hydrogens (tertiary/aromatic N) is 1. The van der Waals surface area contributed by atoms with Crippen LogP contribution in [0.2, 0.25) is 0 Å². The van der Waals surface area contributed by atoms with E-state index in [1.54, 1.807) is 0 Å². The van der Waals surface area contributed by atoms with Gasteiger partial charge in [-0.25, -0.2) is 0 Å². The maximum atomic E-state index is 12.6. The van der Waals surface area contributed by atoms with Crippen LogP contribution in [0.25, 0.3) is 22.2 Å². The number of aromatic amines is 2. The second-order valence-corrected chi connectivity index (χ2v) is 7.90. The van der Waals surface area contributed by atoms with E-state index >= 15 is 0 Å². The minimum atomic E-state index is -0.226. The van der Waals surface area contributed by atoms with Crippen LogP contribution in [0.4, 0.5) is 0 Å². The van der Waals surface area contributed by atoms with Crippen molar-refractivity contribution in [2.75, 3.05) is 34.2 Å². The van der Waals surface area contributed by atoms with Crippen molar-refractivity contribution in [1.29, 1.82) is 0 Å². The number of likely N-dealkylation sites (N-methyl/N-ethyl adjacent to an activating group) is 2. The van der Waals surface area contributed by atoms with E-state index in [2.05, 4.69) is 20.2 Å². The summed E-state index contributed by atoms with van der Waals surface area (Å²) in [6, 6.07) is 3.75. The number of aromatic nitrogens is 2. The zero-order valence-corrected chi connectivity index (χ0v) is 17.4. The van der Waals surface area contributed by atoms with Gasteiger partial charge in [-0.1, -0.05) is 0 Å². The van der Waals surface area contributed by atoms with Crippen molar-refractivity contribution in [2.45, 2.75) is 12.8 Å². The summed E-state index contributed by atoms with van der Waals surface area (Å²) in [5.41, 5.74) is 4.56. The number of hydrogen-bond acceptors (Lipinski definition) is 5. The zero-order chi connectivity index (χ0) is 21.4. The van der Waals surface area contributed by atoms with Gasteiger partial charge in [-0.05, 0) is 75.9 Å². The number of H-pyrrole nitrogens is 2. The van der Waals surface area contributed by atoms with Gasteiger partial charge in [-0.2, -0.15) is 0 Å². The van der Waals surface area contributed by atoms with E-state index in [9.17, 15) is 14.7 Å². The lowest BCUT2D eigenvalue weighted by Gasteiger charge is -2.11. The molecule has 0 atom stereocenters. The standard InChI is InChI=1S/C23H26N4O3/c1-24-10-8-14-20-17(28)6-7-18(29)22(20)26-21(14)15-4-5-16-19(23(15)30)13(12-25-16)9-11-27(2)3/h4-7,12,24-26,30H,8-11H2,1-3H3. The minimum Gasteiger partial charge on any atom is -0.507 e. The molecule has 0 fully saturated rings. The molecule has 3 aromatic rings. The molecule has 4 N–H and O–H groups in total. The van der Waals surface area contributed by atoms with Gasteiger partial charge in [0.15, 0.2) is 5.78 Å². The van der Waals surface area contributed by atoms with E-state index in [4.69, 9.17) is 0 Å². The molecule has 0 amide bonds. The highest BCUT2D eigenvalue weighted by Crippen LogP contribution is 2.41. The number of hydrogen-bond donors (Lipinski definition) is 4. The van der Waals surface area contributed by atoms with Gasteiger partial charge in [0.05, 0.1) is 17.0 Å². The number of phenols is 1. The first-order chi connectivity index (χ1) is 14.4. The third-order valence-corrected chi connectivity index (χ3v) is 5.61. The fourth-order valence-corrected chi connectivity index (χ4v) is 4.06. The average Bonchev–Trinajstić information content (AvgIpc) is 3.30. The van der Waals surface area contributed by atoms with Crippen molar-refractivity contribution in [3.8, 4) is 17.0 Å². The molecular formula is C23H26N4O3. The molecule has 0 radical (unpaired) electrons. The molecule has 2 heterocycles. The molecule has 1 aliphatic rings. The lowest BCUT2D eigenvalue weighted by molar-refractivity contribution is 0.0991. The molecule has 4 rings (SSSR count). The smallest absolute Gasteiger partial charge is 0.202 e. The molecule has 0 unspecified atom stereocenters. The van der Waals surface area contributed by atoms with E-state index in [1.165, 1.54) is 12.2 Å². The molecule has 0 spiro atoms. The molecular weight excluding hydrogens is 380 g/mol. The highest BCUT2D eigenvalue weighted by atomic mass is 16.3. The molecule has 156 valence electrons. The lowest BCUT2D eigenvalue weighted by Crippen LogP contribution is -2.15. The summed E-state index contributed by atoms with van der Waals surface area (Å²) in [6.07, 6.45) is 5.89. The van der Waals surface area contributed by atoms with Crippen LogP contribution in [0.5, 0.6) is 5.75 Å². The lowest BCUT2D eigenvalue weighted by atomic mass is 9.93. The third-order valence-electron chi connectivity index (χ3n) is 5.61. The summed E-state index contributed by atoms with van der Waals surface area (Å²) in [4.78, 5) is 33.4. The van der Waals surface area contributed by atoms with Gasteiger partial charge in [0.25, 0.3) is 0 Å². The maximum absolute atomic E-state index is 12.6. The Labute approximate surface area is 174 Å². The fourth-order valence-electron chi connectivity index (χ4n) is 4.06. The Morgan fingerprint density at radius 1 is 1.07 bits per heavy atom. The normalized spacial score (nSPS) is 13.6. The van der Waals surface area contributed by atoms with E-state index in [0.717, 1.165) is 35.0 Å². The number of aromatic hydroxyl groups is 1. The minimum absolute atomic E-state index is 0.152. The molecule has 1 aliphatic carbocycles. The zero-order valence-electron chi connectivity index (χ0n) is 17.4. The Morgan fingerprint density at radius 2 is 1.83 bits per heavy atom. The van der Waals surface area contributed by atoms with E-state index in [-0.39, 0.29) is 17.3 Å². The van der Waals surface area contributed by atoms with Gasteiger partial charge >= 0.3 is 0 Å². The molecule has 0 saturated heterocycles. The van der Waals surface area contributed by atoms with E-state index in [0.29, 0.717) is 35.5 Å². The molecule has 0 bridgehead atoms.